The summed E-state index contributed by atoms with van der Waals surface area (Å²) in [5.74, 6) is 0. The van der Waals surface area contributed by atoms with Crippen molar-refractivity contribution < 1.29 is 0 Å². The Morgan fingerprint density at radius 2 is 0.309 bits per heavy atom. The summed E-state index contributed by atoms with van der Waals surface area (Å²) in [5, 5.41) is 0. The third-order valence-electron chi connectivity index (χ3n) is 12.5. The molecule has 10 aromatic carbocycles. The van der Waals surface area contributed by atoms with Crippen LogP contribution in [0.1, 0.15) is 22.3 Å². The van der Waals surface area contributed by atoms with E-state index >= 15 is 0 Å². The number of benzene rings is 10. The summed E-state index contributed by atoms with van der Waals surface area (Å²) < 4.78 is 0. The second-order valence-corrected chi connectivity index (χ2v) is 17.5. The lowest BCUT2D eigenvalue weighted by atomic mass is 10.0. The van der Waals surface area contributed by atoms with Crippen molar-refractivity contribution >= 4 is 68.2 Å². The van der Waals surface area contributed by atoms with Crippen LogP contribution >= 0.6 is 0 Å². The quantitative estimate of drug-likeness (QED) is 0.114. The van der Waals surface area contributed by atoms with Gasteiger partial charge in [0.2, 0.25) is 0 Å². The van der Waals surface area contributed by atoms with Crippen LogP contribution in [-0.4, -0.2) is 0 Å². The van der Waals surface area contributed by atoms with Gasteiger partial charge >= 0.3 is 0 Å². The van der Waals surface area contributed by atoms with Gasteiger partial charge in [-0.15, -0.1) is 0 Å². The molecule has 10 rings (SSSR count). The summed E-state index contributed by atoms with van der Waals surface area (Å²) in [6.45, 7) is 8.52. The molecule has 0 amide bonds. The Bertz CT molecular complexity index is 2870. The average molecular weight is 879 g/mol. The molecule has 4 heteroatoms. The highest BCUT2D eigenvalue weighted by Crippen LogP contribution is 2.42. The Balaban J connectivity index is 0.932. The molecule has 0 radical (unpaired) electrons. The van der Waals surface area contributed by atoms with Gasteiger partial charge in [0, 0.05) is 68.2 Å². The van der Waals surface area contributed by atoms with Crippen molar-refractivity contribution in [3.63, 3.8) is 0 Å². The molecule has 0 aliphatic carbocycles. The molecule has 0 N–H and O–H groups in total. The van der Waals surface area contributed by atoms with E-state index in [2.05, 4.69) is 302 Å². The van der Waals surface area contributed by atoms with Gasteiger partial charge in [0.1, 0.15) is 0 Å². The maximum absolute atomic E-state index is 2.32. The maximum atomic E-state index is 2.32. The summed E-state index contributed by atoms with van der Waals surface area (Å²) in [4.78, 5) is 9.28. The second kappa shape index (κ2) is 19.5. The summed E-state index contributed by atoms with van der Waals surface area (Å²) in [7, 11) is 0. The van der Waals surface area contributed by atoms with Crippen molar-refractivity contribution in [3.05, 3.63) is 277 Å². The Morgan fingerprint density at radius 1 is 0.162 bits per heavy atom. The third-order valence-corrected chi connectivity index (χ3v) is 12.5. The van der Waals surface area contributed by atoms with Crippen LogP contribution in [-0.2, 0) is 0 Å². The molecular formula is C64H54N4. The van der Waals surface area contributed by atoms with E-state index in [-0.39, 0.29) is 0 Å². The Hall–Kier alpha value is -8.60. The number of para-hydroxylation sites is 2. The fraction of sp³-hybridized carbons (Fsp3) is 0.0625. The van der Waals surface area contributed by atoms with E-state index in [0.29, 0.717) is 0 Å². The van der Waals surface area contributed by atoms with E-state index in [1.54, 1.807) is 0 Å². The molecule has 330 valence electrons. The van der Waals surface area contributed by atoms with Crippen LogP contribution in [0.5, 0.6) is 0 Å². The molecule has 68 heavy (non-hydrogen) atoms. The largest absolute Gasteiger partial charge is 0.311 e. The topological polar surface area (TPSA) is 13.0 Å². The predicted molar refractivity (Wildman–Crippen MR) is 290 cm³/mol. The van der Waals surface area contributed by atoms with Gasteiger partial charge in [0.25, 0.3) is 0 Å². The number of rotatable bonds is 13. The van der Waals surface area contributed by atoms with Gasteiger partial charge < -0.3 is 19.6 Å². The van der Waals surface area contributed by atoms with E-state index < -0.39 is 0 Å². The third kappa shape index (κ3) is 9.40. The van der Waals surface area contributed by atoms with E-state index in [9.17, 15) is 0 Å². The SMILES string of the molecule is Cc1ccc(N(c2ccc(C)cc2)c2ccc(N(c3ccccc3)c3ccc(-c4ccc(N(c5ccccc5)c5ccc(N(c6ccc(C)cc6)c6ccc(C)cc6)cc5)cc4)cc3)cc2)cc1. The number of hydrogen-bond acceptors (Lipinski definition) is 4. The van der Waals surface area contributed by atoms with E-state index in [1.807, 2.05) is 0 Å². The molecule has 0 atom stereocenters. The fourth-order valence-electron chi connectivity index (χ4n) is 8.83. The van der Waals surface area contributed by atoms with Gasteiger partial charge in [-0.1, -0.05) is 131 Å². The van der Waals surface area contributed by atoms with Crippen LogP contribution in [0.15, 0.2) is 255 Å². The molecule has 0 aliphatic rings. The summed E-state index contributed by atoms with van der Waals surface area (Å²) >= 11 is 0. The first-order chi connectivity index (χ1) is 33.3. The predicted octanol–water partition coefficient (Wildman–Crippen LogP) is 18.5. The molecule has 4 nitrogen and oxygen atoms in total. The Labute approximate surface area is 401 Å². The highest BCUT2D eigenvalue weighted by atomic mass is 15.2. The van der Waals surface area contributed by atoms with Gasteiger partial charge in [-0.3, -0.25) is 0 Å². The van der Waals surface area contributed by atoms with Crippen LogP contribution in [0.3, 0.4) is 0 Å². The Morgan fingerprint density at radius 3 is 0.500 bits per heavy atom. The van der Waals surface area contributed by atoms with Crippen molar-refractivity contribution in [2.45, 2.75) is 27.7 Å². The molecule has 0 aliphatic heterocycles. The van der Waals surface area contributed by atoms with Crippen LogP contribution in [0, 0.1) is 27.7 Å². The molecule has 0 fully saturated rings. The van der Waals surface area contributed by atoms with E-state index in [1.165, 1.54) is 22.3 Å². The van der Waals surface area contributed by atoms with Crippen molar-refractivity contribution in [1.29, 1.82) is 0 Å². The van der Waals surface area contributed by atoms with Crippen LogP contribution in [0.2, 0.25) is 0 Å². The molecular weight excluding hydrogens is 825 g/mol. The maximum Gasteiger partial charge on any atom is 0.0463 e. The standard InChI is InChI=1S/C64H54N4/c1-47-15-27-55(28-16-47)67(56-29-17-48(2)18-30-56)63-43-39-61(40-44-63)65(53-11-7-5-8-12-53)59-35-23-51(24-36-59)52-25-37-60(38-26-52)66(54-13-9-6-10-14-54)62-41-45-64(46-42-62)68(57-31-19-49(3)20-32-57)58-33-21-50(4)22-34-58/h5-46H,1-4H3. The highest BCUT2D eigenvalue weighted by Gasteiger charge is 2.19. The lowest BCUT2D eigenvalue weighted by Crippen LogP contribution is -2.12. The molecule has 0 saturated heterocycles. The van der Waals surface area contributed by atoms with Crippen molar-refractivity contribution in [1.82, 2.24) is 0 Å². The Kier molecular flexibility index (Phi) is 12.4. The summed E-state index contributed by atoms with van der Waals surface area (Å²) in [5.41, 5.74) is 20.5. The highest BCUT2D eigenvalue weighted by molar-refractivity contribution is 5.84. The van der Waals surface area contributed by atoms with Crippen molar-refractivity contribution in [3.8, 4) is 11.1 Å². The van der Waals surface area contributed by atoms with Crippen LogP contribution in [0.25, 0.3) is 11.1 Å². The summed E-state index contributed by atoms with van der Waals surface area (Å²) in [6.07, 6.45) is 0. The smallest absolute Gasteiger partial charge is 0.0463 e. The van der Waals surface area contributed by atoms with Gasteiger partial charge in [-0.05, 0) is 184 Å². The van der Waals surface area contributed by atoms with Crippen molar-refractivity contribution in [2.75, 3.05) is 19.6 Å². The number of hydrogen-bond donors (Lipinski definition) is 0. The monoisotopic (exact) mass is 878 g/mol. The van der Waals surface area contributed by atoms with E-state index in [0.717, 1.165) is 79.4 Å². The molecule has 0 spiro atoms. The normalized spacial score (nSPS) is 10.9. The zero-order valence-corrected chi connectivity index (χ0v) is 39.0. The van der Waals surface area contributed by atoms with Crippen molar-refractivity contribution in [2.24, 2.45) is 0 Å². The minimum absolute atomic E-state index is 1.08. The first-order valence-electron chi connectivity index (χ1n) is 23.3. The van der Waals surface area contributed by atoms with Crippen LogP contribution in [0.4, 0.5) is 68.2 Å². The first kappa shape index (κ1) is 43.3. The lowest BCUT2D eigenvalue weighted by molar-refractivity contribution is 1.25. The molecule has 0 saturated carbocycles. The minimum Gasteiger partial charge on any atom is -0.311 e. The molecule has 10 aromatic rings. The second-order valence-electron chi connectivity index (χ2n) is 17.5. The number of nitrogens with zero attached hydrogens (tertiary/aromatic N) is 4. The first-order valence-corrected chi connectivity index (χ1v) is 23.3. The van der Waals surface area contributed by atoms with Crippen LogP contribution < -0.4 is 19.6 Å². The minimum atomic E-state index is 1.08. The molecule has 0 heterocycles. The zero-order valence-electron chi connectivity index (χ0n) is 39.0. The zero-order chi connectivity index (χ0) is 46.4. The number of anilines is 12. The summed E-state index contributed by atoms with van der Waals surface area (Å²) in [6, 6.07) is 91.7. The molecule has 0 unspecified atom stereocenters. The van der Waals surface area contributed by atoms with E-state index in [4.69, 9.17) is 0 Å². The van der Waals surface area contributed by atoms with Gasteiger partial charge in [0.15, 0.2) is 0 Å². The fourth-order valence-corrected chi connectivity index (χ4v) is 8.83. The average Bonchev–Trinajstić information content (AvgIpc) is 3.38. The lowest BCUT2D eigenvalue weighted by Gasteiger charge is -2.29. The van der Waals surface area contributed by atoms with Gasteiger partial charge in [-0.25, -0.2) is 0 Å². The molecule has 0 aromatic heterocycles. The van der Waals surface area contributed by atoms with Gasteiger partial charge in [0.05, 0.1) is 0 Å². The van der Waals surface area contributed by atoms with Gasteiger partial charge in [-0.2, -0.15) is 0 Å². The molecule has 0 bridgehead atoms. The number of aryl methyl sites for hydroxylation is 4.